The van der Waals surface area contributed by atoms with Crippen LogP contribution >= 0.6 is 0 Å². The molecule has 0 spiro atoms. The van der Waals surface area contributed by atoms with E-state index in [1.54, 1.807) is 13.8 Å². The molecular weight excluding hydrogens is 220 g/mol. The van der Waals surface area contributed by atoms with Crippen molar-refractivity contribution in [3.63, 3.8) is 0 Å². The van der Waals surface area contributed by atoms with E-state index < -0.39 is 18.2 Å². The molecule has 0 fully saturated rings. The maximum atomic E-state index is 11.5. The molecular formula is C7H14N4O5. The van der Waals surface area contributed by atoms with Crippen molar-refractivity contribution in [3.05, 3.63) is 0 Å². The summed E-state index contributed by atoms with van der Waals surface area (Å²) in [6.07, 6.45) is -3.17. The number of nitrogens with zero attached hydrogens (tertiary/aromatic N) is 2. The third kappa shape index (κ3) is 3.71. The lowest BCUT2D eigenvalue weighted by Crippen LogP contribution is -2.57. The number of rotatable bonds is 4. The van der Waals surface area contributed by atoms with Crippen molar-refractivity contribution in [1.29, 1.82) is 0 Å². The predicted molar refractivity (Wildman–Crippen MR) is 52.5 cm³/mol. The Morgan fingerprint density at radius 1 is 0.938 bits per heavy atom. The Kier molecular flexibility index (Phi) is 5.81. The van der Waals surface area contributed by atoms with E-state index in [0.29, 0.717) is 0 Å². The van der Waals surface area contributed by atoms with Crippen molar-refractivity contribution in [3.8, 4) is 0 Å². The Bertz CT molecular complexity index is 256. The summed E-state index contributed by atoms with van der Waals surface area (Å²) >= 11 is 0. The van der Waals surface area contributed by atoms with Crippen LogP contribution in [0.25, 0.3) is 0 Å². The minimum absolute atomic E-state index is 0.164. The van der Waals surface area contributed by atoms with Gasteiger partial charge in [-0.2, -0.15) is 10.0 Å². The summed E-state index contributed by atoms with van der Waals surface area (Å²) in [6, 6.07) is -1.23. The highest BCUT2D eigenvalue weighted by Gasteiger charge is 2.29. The lowest BCUT2D eigenvalue weighted by Gasteiger charge is -2.23. The van der Waals surface area contributed by atoms with E-state index in [0.717, 1.165) is 0 Å². The quantitative estimate of drug-likeness (QED) is 0.509. The van der Waals surface area contributed by atoms with Crippen molar-refractivity contribution in [2.45, 2.75) is 13.8 Å². The topological polar surface area (TPSA) is 122 Å². The van der Waals surface area contributed by atoms with Gasteiger partial charge in [-0.05, 0) is 0 Å². The second-order valence-corrected chi connectivity index (χ2v) is 2.54. The molecule has 0 bridgehead atoms. The zero-order chi connectivity index (χ0) is 12.7. The SMILES string of the molecule is CCNN(C(=O)O)C(=O)N(NCC)C(=O)O. The third-order valence-electron chi connectivity index (χ3n) is 1.40. The normalized spacial score (nSPS) is 9.62. The number of hydrogen-bond acceptors (Lipinski definition) is 5. The number of imide groups is 2. The second-order valence-electron chi connectivity index (χ2n) is 2.54. The third-order valence-corrected chi connectivity index (χ3v) is 1.40. The molecule has 0 saturated heterocycles. The first kappa shape index (κ1) is 14.1. The molecule has 9 nitrogen and oxygen atoms in total. The van der Waals surface area contributed by atoms with E-state index in [4.69, 9.17) is 10.2 Å². The average molecular weight is 234 g/mol. The molecule has 4 amide bonds. The van der Waals surface area contributed by atoms with Gasteiger partial charge in [-0.25, -0.2) is 25.2 Å². The smallest absolute Gasteiger partial charge is 0.430 e. The molecule has 0 aromatic heterocycles. The Labute approximate surface area is 91.6 Å². The van der Waals surface area contributed by atoms with Crippen LogP contribution in [0.1, 0.15) is 13.8 Å². The molecule has 16 heavy (non-hydrogen) atoms. The first-order valence-corrected chi connectivity index (χ1v) is 4.52. The van der Waals surface area contributed by atoms with Gasteiger partial charge in [0.15, 0.2) is 0 Å². The van der Waals surface area contributed by atoms with Crippen molar-refractivity contribution < 1.29 is 24.6 Å². The molecule has 0 aliphatic carbocycles. The highest BCUT2D eigenvalue weighted by atomic mass is 16.4. The van der Waals surface area contributed by atoms with Gasteiger partial charge in [0.1, 0.15) is 0 Å². The Morgan fingerprint density at radius 3 is 1.44 bits per heavy atom. The van der Waals surface area contributed by atoms with Crippen LogP contribution in [0.2, 0.25) is 0 Å². The monoisotopic (exact) mass is 234 g/mol. The van der Waals surface area contributed by atoms with Gasteiger partial charge in [-0.15, -0.1) is 0 Å². The summed E-state index contributed by atoms with van der Waals surface area (Å²) in [6.45, 7) is 3.47. The number of carbonyl (C=O) groups excluding carboxylic acids is 1. The van der Waals surface area contributed by atoms with Gasteiger partial charge in [0.25, 0.3) is 0 Å². The van der Waals surface area contributed by atoms with E-state index >= 15 is 0 Å². The van der Waals surface area contributed by atoms with Gasteiger partial charge >= 0.3 is 18.2 Å². The molecule has 0 radical (unpaired) electrons. The predicted octanol–water partition coefficient (Wildman–Crippen LogP) is 0.115. The number of hydrazine groups is 2. The van der Waals surface area contributed by atoms with Crippen LogP contribution in [-0.2, 0) is 0 Å². The van der Waals surface area contributed by atoms with Gasteiger partial charge in [0, 0.05) is 13.1 Å². The summed E-state index contributed by atoms with van der Waals surface area (Å²) in [5.74, 6) is 0. The largest absolute Gasteiger partial charge is 0.464 e. The van der Waals surface area contributed by atoms with E-state index in [2.05, 4.69) is 10.9 Å². The van der Waals surface area contributed by atoms with Gasteiger partial charge < -0.3 is 10.2 Å². The first-order valence-electron chi connectivity index (χ1n) is 4.52. The van der Waals surface area contributed by atoms with Crippen LogP contribution in [0.5, 0.6) is 0 Å². The number of carbonyl (C=O) groups is 3. The van der Waals surface area contributed by atoms with Crippen LogP contribution in [-0.4, -0.2) is 51.5 Å². The average Bonchev–Trinajstić information content (AvgIpc) is 2.20. The number of amides is 4. The standard InChI is InChI=1S/C7H14N4O5/c1-3-8-10(6(13)14)5(12)11(7(15)16)9-4-2/h8-9H,3-4H2,1-2H3,(H,13,14)(H,15,16). The van der Waals surface area contributed by atoms with E-state index in [1.165, 1.54) is 0 Å². The minimum atomic E-state index is -1.59. The highest BCUT2D eigenvalue weighted by Crippen LogP contribution is 1.95. The van der Waals surface area contributed by atoms with Gasteiger partial charge in [-0.1, -0.05) is 13.8 Å². The molecule has 0 saturated carbocycles. The molecule has 4 N–H and O–H groups in total. The van der Waals surface area contributed by atoms with Gasteiger partial charge in [0.05, 0.1) is 0 Å². The van der Waals surface area contributed by atoms with E-state index in [-0.39, 0.29) is 23.1 Å². The van der Waals surface area contributed by atoms with Crippen molar-refractivity contribution in [2.75, 3.05) is 13.1 Å². The number of carboxylic acid groups (broad SMARTS) is 2. The molecule has 0 rings (SSSR count). The highest BCUT2D eigenvalue weighted by molar-refractivity contribution is 5.96. The van der Waals surface area contributed by atoms with Gasteiger partial charge in [0.2, 0.25) is 0 Å². The fourth-order valence-electron chi connectivity index (χ4n) is 0.850. The molecule has 0 aliphatic rings. The summed E-state index contributed by atoms with van der Waals surface area (Å²) in [4.78, 5) is 32.8. The molecule has 9 heteroatoms. The second kappa shape index (κ2) is 6.58. The zero-order valence-corrected chi connectivity index (χ0v) is 8.93. The summed E-state index contributed by atoms with van der Waals surface area (Å²) in [5, 5.41) is 17.7. The van der Waals surface area contributed by atoms with Crippen LogP contribution in [0.3, 0.4) is 0 Å². The maximum Gasteiger partial charge on any atom is 0.430 e. The molecule has 0 unspecified atom stereocenters. The van der Waals surface area contributed by atoms with Crippen LogP contribution < -0.4 is 10.9 Å². The molecule has 0 aromatic rings. The molecule has 0 heterocycles. The molecule has 0 atom stereocenters. The summed E-state index contributed by atoms with van der Waals surface area (Å²) in [5.41, 5.74) is 4.43. The number of hydrogen-bond donors (Lipinski definition) is 4. The minimum Gasteiger partial charge on any atom is -0.464 e. The summed E-state index contributed by atoms with van der Waals surface area (Å²) in [7, 11) is 0. The summed E-state index contributed by atoms with van der Waals surface area (Å²) < 4.78 is 0. The fourth-order valence-corrected chi connectivity index (χ4v) is 0.850. The maximum absolute atomic E-state index is 11.5. The molecule has 0 aliphatic heterocycles. The van der Waals surface area contributed by atoms with Crippen molar-refractivity contribution >= 4 is 18.2 Å². The fraction of sp³-hybridized carbons (Fsp3) is 0.571. The van der Waals surface area contributed by atoms with Crippen LogP contribution in [0.15, 0.2) is 0 Å². The van der Waals surface area contributed by atoms with Crippen molar-refractivity contribution in [2.24, 2.45) is 0 Å². The number of nitrogens with one attached hydrogen (secondary N) is 2. The zero-order valence-electron chi connectivity index (χ0n) is 8.93. The van der Waals surface area contributed by atoms with E-state index in [1.807, 2.05) is 0 Å². The number of urea groups is 1. The van der Waals surface area contributed by atoms with Crippen LogP contribution in [0.4, 0.5) is 14.4 Å². The molecule has 0 aromatic carbocycles. The molecule has 92 valence electrons. The van der Waals surface area contributed by atoms with Gasteiger partial charge in [-0.3, -0.25) is 0 Å². The van der Waals surface area contributed by atoms with Crippen molar-refractivity contribution in [1.82, 2.24) is 20.9 Å². The lowest BCUT2D eigenvalue weighted by atomic mass is 10.7. The van der Waals surface area contributed by atoms with Crippen LogP contribution in [0, 0.1) is 0 Å². The Hall–Kier alpha value is -1.87. The Morgan fingerprint density at radius 2 is 1.25 bits per heavy atom. The Balaban J connectivity index is 4.79. The van der Waals surface area contributed by atoms with E-state index in [9.17, 15) is 14.4 Å². The lowest BCUT2D eigenvalue weighted by molar-refractivity contribution is 0.0908. The first-order chi connectivity index (χ1) is 7.45.